The van der Waals surface area contributed by atoms with Crippen molar-refractivity contribution >= 4 is 23.3 Å². The molecule has 1 aromatic carbocycles. The van der Waals surface area contributed by atoms with E-state index in [2.05, 4.69) is 25.8 Å². The molecule has 0 spiro atoms. The first kappa shape index (κ1) is 16.9. The molecule has 2 aromatic rings. The van der Waals surface area contributed by atoms with Gasteiger partial charge in [-0.1, -0.05) is 0 Å². The first-order valence-electron chi connectivity index (χ1n) is 7.97. The molecule has 1 atom stereocenters. The first-order chi connectivity index (χ1) is 11.9. The van der Waals surface area contributed by atoms with Crippen LogP contribution in [-0.2, 0) is 4.79 Å². The van der Waals surface area contributed by atoms with Crippen molar-refractivity contribution in [2.24, 2.45) is 0 Å². The Morgan fingerprint density at radius 2 is 2.16 bits per heavy atom. The van der Waals surface area contributed by atoms with Crippen LogP contribution in [0.4, 0.5) is 20.6 Å². The Labute approximate surface area is 143 Å². The molecule has 1 aromatic heterocycles. The largest absolute Gasteiger partial charge is 0.326 e. The van der Waals surface area contributed by atoms with E-state index in [0.717, 1.165) is 12.8 Å². The van der Waals surface area contributed by atoms with E-state index in [1.54, 1.807) is 11.8 Å². The molecule has 3 rings (SSSR count). The number of amides is 3. The minimum atomic E-state index is -0.577. The summed E-state index contributed by atoms with van der Waals surface area (Å²) in [6.45, 7) is 3.69. The topological polar surface area (TPSA) is 103 Å². The van der Waals surface area contributed by atoms with Gasteiger partial charge in [-0.3, -0.25) is 9.89 Å². The molecule has 0 saturated carbocycles. The summed E-state index contributed by atoms with van der Waals surface area (Å²) in [5.74, 6) is 0.379. The van der Waals surface area contributed by atoms with Gasteiger partial charge in [-0.15, -0.1) is 0 Å². The summed E-state index contributed by atoms with van der Waals surface area (Å²) < 4.78 is 14.0. The van der Waals surface area contributed by atoms with Crippen molar-refractivity contribution in [1.29, 1.82) is 0 Å². The van der Waals surface area contributed by atoms with Crippen LogP contribution in [0.15, 0.2) is 18.2 Å². The number of likely N-dealkylation sites (tertiary alicyclic amines) is 1. The normalized spacial score (nSPS) is 16.8. The minimum Gasteiger partial charge on any atom is -0.326 e. The van der Waals surface area contributed by atoms with E-state index >= 15 is 0 Å². The number of aromatic nitrogens is 3. The summed E-state index contributed by atoms with van der Waals surface area (Å²) in [6, 6.07) is 3.34. The van der Waals surface area contributed by atoms with Crippen LogP contribution in [-0.4, -0.2) is 38.6 Å². The highest BCUT2D eigenvalue weighted by Crippen LogP contribution is 2.31. The molecule has 9 heteroatoms. The van der Waals surface area contributed by atoms with Gasteiger partial charge in [0.05, 0.1) is 11.7 Å². The Balaban J connectivity index is 1.76. The van der Waals surface area contributed by atoms with E-state index in [1.165, 1.54) is 25.1 Å². The third kappa shape index (κ3) is 3.76. The van der Waals surface area contributed by atoms with Crippen LogP contribution in [0.25, 0.3) is 0 Å². The molecule has 1 aliphatic rings. The van der Waals surface area contributed by atoms with Crippen LogP contribution in [0.5, 0.6) is 0 Å². The van der Waals surface area contributed by atoms with Crippen LogP contribution in [0.1, 0.15) is 37.5 Å². The van der Waals surface area contributed by atoms with Crippen LogP contribution >= 0.6 is 0 Å². The average molecular weight is 346 g/mol. The summed E-state index contributed by atoms with van der Waals surface area (Å²) in [6.07, 6.45) is 1.57. The van der Waals surface area contributed by atoms with E-state index in [9.17, 15) is 14.0 Å². The smallest absolute Gasteiger partial charge is 0.322 e. The Morgan fingerprint density at radius 1 is 1.36 bits per heavy atom. The SMILES string of the molecule is CC(=O)Nc1ccc(F)c(NC(=O)N2CCCC2c2n[nH]c(C)n2)c1. The van der Waals surface area contributed by atoms with E-state index < -0.39 is 11.8 Å². The van der Waals surface area contributed by atoms with Crippen molar-refractivity contribution in [3.05, 3.63) is 35.7 Å². The minimum absolute atomic E-state index is 0.00747. The highest BCUT2D eigenvalue weighted by molar-refractivity contribution is 5.93. The van der Waals surface area contributed by atoms with E-state index in [0.29, 0.717) is 23.9 Å². The van der Waals surface area contributed by atoms with Crippen LogP contribution in [0.3, 0.4) is 0 Å². The first-order valence-corrected chi connectivity index (χ1v) is 7.97. The van der Waals surface area contributed by atoms with Crippen LogP contribution < -0.4 is 10.6 Å². The zero-order chi connectivity index (χ0) is 18.0. The predicted molar refractivity (Wildman–Crippen MR) is 89.5 cm³/mol. The highest BCUT2D eigenvalue weighted by atomic mass is 19.1. The molecule has 25 heavy (non-hydrogen) atoms. The number of halogens is 1. The van der Waals surface area contributed by atoms with Gasteiger partial charge in [0.1, 0.15) is 11.6 Å². The van der Waals surface area contributed by atoms with Gasteiger partial charge >= 0.3 is 6.03 Å². The molecule has 0 aliphatic carbocycles. The maximum atomic E-state index is 14.0. The molecule has 1 fully saturated rings. The monoisotopic (exact) mass is 346 g/mol. The number of hydrogen-bond acceptors (Lipinski definition) is 4. The molecule has 1 unspecified atom stereocenters. The third-order valence-corrected chi connectivity index (χ3v) is 3.95. The number of nitrogens with zero attached hydrogens (tertiary/aromatic N) is 3. The Hall–Kier alpha value is -2.97. The Bertz CT molecular complexity index is 806. The van der Waals surface area contributed by atoms with Gasteiger partial charge in [0.25, 0.3) is 0 Å². The fourth-order valence-electron chi connectivity index (χ4n) is 2.88. The molecule has 3 amide bonds. The molecule has 8 nitrogen and oxygen atoms in total. The maximum Gasteiger partial charge on any atom is 0.322 e. The second-order valence-electron chi connectivity index (χ2n) is 5.94. The lowest BCUT2D eigenvalue weighted by molar-refractivity contribution is -0.114. The second-order valence-corrected chi connectivity index (χ2v) is 5.94. The van der Waals surface area contributed by atoms with E-state index in [4.69, 9.17) is 0 Å². The van der Waals surface area contributed by atoms with Gasteiger partial charge < -0.3 is 15.5 Å². The van der Waals surface area contributed by atoms with Gasteiger partial charge in [0.2, 0.25) is 5.91 Å². The summed E-state index contributed by atoms with van der Waals surface area (Å²) in [5, 5.41) is 12.0. The third-order valence-electron chi connectivity index (χ3n) is 3.95. The summed E-state index contributed by atoms with van der Waals surface area (Å²) in [4.78, 5) is 29.6. The molecule has 1 aliphatic heterocycles. The zero-order valence-electron chi connectivity index (χ0n) is 14.0. The lowest BCUT2D eigenvalue weighted by atomic mass is 10.2. The summed E-state index contributed by atoms with van der Waals surface area (Å²) in [7, 11) is 0. The lowest BCUT2D eigenvalue weighted by Crippen LogP contribution is -2.35. The number of aromatic amines is 1. The van der Waals surface area contributed by atoms with Crippen molar-refractivity contribution in [2.75, 3.05) is 17.2 Å². The molecule has 3 N–H and O–H groups in total. The molecule has 0 radical (unpaired) electrons. The summed E-state index contributed by atoms with van der Waals surface area (Å²) in [5.41, 5.74) is 0.417. The standard InChI is InChI=1S/C16H19FN6O2/c1-9-18-15(22-21-9)14-4-3-7-23(14)16(25)20-13-8-11(19-10(2)24)5-6-12(13)17/h5-6,8,14H,3-4,7H2,1-2H3,(H,19,24)(H,20,25)(H,18,21,22). The number of nitrogens with one attached hydrogen (secondary N) is 3. The predicted octanol–water partition coefficient (Wildman–Crippen LogP) is 2.58. The molecular weight excluding hydrogens is 327 g/mol. The van der Waals surface area contributed by atoms with Gasteiger partial charge in [-0.2, -0.15) is 5.10 Å². The van der Waals surface area contributed by atoms with Gasteiger partial charge in [-0.05, 0) is 38.0 Å². The summed E-state index contributed by atoms with van der Waals surface area (Å²) >= 11 is 0. The van der Waals surface area contributed by atoms with Gasteiger partial charge in [-0.25, -0.2) is 14.2 Å². The van der Waals surface area contributed by atoms with E-state index in [-0.39, 0.29) is 17.6 Å². The molecular formula is C16H19FN6O2. The maximum absolute atomic E-state index is 14.0. The van der Waals surface area contributed by atoms with Gasteiger partial charge in [0.15, 0.2) is 5.82 Å². The van der Waals surface area contributed by atoms with Crippen molar-refractivity contribution in [1.82, 2.24) is 20.1 Å². The number of hydrogen-bond donors (Lipinski definition) is 3. The molecule has 0 bridgehead atoms. The Kier molecular flexibility index (Phi) is 4.64. The van der Waals surface area contributed by atoms with Crippen molar-refractivity contribution in [3.63, 3.8) is 0 Å². The zero-order valence-corrected chi connectivity index (χ0v) is 14.0. The number of benzene rings is 1. The van der Waals surface area contributed by atoms with E-state index in [1.807, 2.05) is 0 Å². The number of aryl methyl sites for hydroxylation is 1. The number of urea groups is 1. The molecule has 2 heterocycles. The lowest BCUT2D eigenvalue weighted by Gasteiger charge is -2.23. The quantitative estimate of drug-likeness (QED) is 0.795. The fourth-order valence-corrected chi connectivity index (χ4v) is 2.88. The van der Waals surface area contributed by atoms with Crippen molar-refractivity contribution in [3.8, 4) is 0 Å². The number of H-pyrrole nitrogens is 1. The van der Waals surface area contributed by atoms with Crippen LogP contribution in [0, 0.1) is 12.7 Å². The highest BCUT2D eigenvalue weighted by Gasteiger charge is 2.33. The van der Waals surface area contributed by atoms with Gasteiger partial charge in [0, 0.05) is 19.2 Å². The number of carbonyl (C=O) groups is 2. The van der Waals surface area contributed by atoms with Crippen molar-refractivity contribution in [2.45, 2.75) is 32.7 Å². The van der Waals surface area contributed by atoms with Crippen molar-refractivity contribution < 1.29 is 14.0 Å². The molecule has 132 valence electrons. The van der Waals surface area contributed by atoms with Crippen LogP contribution in [0.2, 0.25) is 0 Å². The average Bonchev–Trinajstić information content (AvgIpc) is 3.18. The molecule has 1 saturated heterocycles. The number of anilines is 2. The second kappa shape index (κ2) is 6.88. The Morgan fingerprint density at radius 3 is 2.84 bits per heavy atom. The fraction of sp³-hybridized carbons (Fsp3) is 0.375. The number of rotatable bonds is 3. The number of carbonyl (C=O) groups excluding carboxylic acids is 2.